The topological polar surface area (TPSA) is 0 Å². The SMILES string of the molecule is CCCCC(C)C1CCC2C3CCC4(C)CCCCC4(C)C3C[C@H](C)C12C. The third kappa shape index (κ3) is 2.81. The molecule has 0 heteroatoms. The summed E-state index contributed by atoms with van der Waals surface area (Å²) in [5.41, 5.74) is 1.91. The Hall–Kier alpha value is 0. The predicted molar refractivity (Wildman–Crippen MR) is 118 cm³/mol. The van der Waals surface area contributed by atoms with Crippen molar-refractivity contribution >= 4 is 0 Å². The third-order valence-corrected chi connectivity index (χ3v) is 11.7. The summed E-state index contributed by atoms with van der Waals surface area (Å²) in [4.78, 5) is 0. The number of unbranched alkanes of at least 4 members (excludes halogenated alkanes) is 1. The molecule has 0 spiro atoms. The van der Waals surface area contributed by atoms with Crippen molar-refractivity contribution in [3.63, 3.8) is 0 Å². The molecular formula is C27H48. The smallest absolute Gasteiger partial charge is 0.0238 e. The van der Waals surface area contributed by atoms with Crippen LogP contribution in [0.5, 0.6) is 0 Å². The minimum atomic E-state index is 0.632. The van der Waals surface area contributed by atoms with Crippen LogP contribution in [0, 0.1) is 51.8 Å². The summed E-state index contributed by atoms with van der Waals surface area (Å²) in [6, 6.07) is 0. The van der Waals surface area contributed by atoms with E-state index in [9.17, 15) is 0 Å². The van der Waals surface area contributed by atoms with Gasteiger partial charge in [-0.3, -0.25) is 0 Å². The van der Waals surface area contributed by atoms with Crippen molar-refractivity contribution in [2.75, 3.05) is 0 Å². The van der Waals surface area contributed by atoms with Gasteiger partial charge in [-0.1, -0.05) is 73.6 Å². The molecule has 0 amide bonds. The monoisotopic (exact) mass is 372 g/mol. The minimum Gasteiger partial charge on any atom is -0.0654 e. The summed E-state index contributed by atoms with van der Waals surface area (Å²) in [6.45, 7) is 15.8. The van der Waals surface area contributed by atoms with E-state index in [0.717, 1.165) is 35.5 Å². The molecule has 0 aromatic heterocycles. The molecule has 4 saturated carbocycles. The molecule has 0 aromatic rings. The van der Waals surface area contributed by atoms with E-state index in [2.05, 4.69) is 41.5 Å². The van der Waals surface area contributed by atoms with E-state index in [4.69, 9.17) is 0 Å². The zero-order valence-corrected chi connectivity index (χ0v) is 19.4. The summed E-state index contributed by atoms with van der Waals surface area (Å²) in [7, 11) is 0. The Balaban J connectivity index is 1.61. The van der Waals surface area contributed by atoms with E-state index in [1.807, 2.05) is 0 Å². The van der Waals surface area contributed by atoms with Gasteiger partial charge in [0.25, 0.3) is 0 Å². The predicted octanol–water partition coefficient (Wildman–Crippen LogP) is 8.50. The van der Waals surface area contributed by atoms with E-state index in [-0.39, 0.29) is 0 Å². The first kappa shape index (κ1) is 20.3. The molecule has 0 nitrogen and oxygen atoms in total. The van der Waals surface area contributed by atoms with Crippen molar-refractivity contribution in [3.8, 4) is 0 Å². The van der Waals surface area contributed by atoms with Gasteiger partial charge in [0.15, 0.2) is 0 Å². The average molecular weight is 373 g/mol. The second-order valence-electron chi connectivity index (χ2n) is 12.4. The summed E-state index contributed by atoms with van der Waals surface area (Å²) >= 11 is 0. The molecular weight excluding hydrogens is 324 g/mol. The normalized spacial score (nSPS) is 53.3. The fourth-order valence-corrected chi connectivity index (χ4v) is 9.64. The van der Waals surface area contributed by atoms with Crippen LogP contribution in [0.4, 0.5) is 0 Å². The first-order chi connectivity index (χ1) is 12.8. The van der Waals surface area contributed by atoms with Gasteiger partial charge in [0.2, 0.25) is 0 Å². The number of hydrogen-bond acceptors (Lipinski definition) is 0. The van der Waals surface area contributed by atoms with Gasteiger partial charge in [0, 0.05) is 0 Å². The molecule has 156 valence electrons. The number of fused-ring (bicyclic) bond motifs is 5. The van der Waals surface area contributed by atoms with Crippen LogP contribution in [-0.2, 0) is 0 Å². The van der Waals surface area contributed by atoms with Crippen LogP contribution in [-0.4, -0.2) is 0 Å². The first-order valence-electron chi connectivity index (χ1n) is 12.8. The molecule has 0 bridgehead atoms. The lowest BCUT2D eigenvalue weighted by Gasteiger charge is -2.66. The van der Waals surface area contributed by atoms with Crippen molar-refractivity contribution in [2.45, 2.75) is 119 Å². The van der Waals surface area contributed by atoms with Crippen LogP contribution in [0.3, 0.4) is 0 Å². The molecule has 0 heterocycles. The molecule has 0 N–H and O–H groups in total. The Morgan fingerprint density at radius 1 is 0.926 bits per heavy atom. The molecule has 4 aliphatic rings. The van der Waals surface area contributed by atoms with Crippen molar-refractivity contribution in [2.24, 2.45) is 51.8 Å². The molecule has 9 atom stereocenters. The molecule has 4 fully saturated rings. The Bertz CT molecular complexity index is 536. The lowest BCUT2D eigenvalue weighted by molar-refractivity contribution is -0.171. The Kier molecular flexibility index (Phi) is 5.30. The van der Waals surface area contributed by atoms with E-state index in [0.29, 0.717) is 16.2 Å². The fraction of sp³-hybridized carbons (Fsp3) is 1.00. The minimum absolute atomic E-state index is 0.632. The lowest BCUT2D eigenvalue weighted by Crippen LogP contribution is -2.58. The van der Waals surface area contributed by atoms with E-state index in [1.165, 1.54) is 57.8 Å². The first-order valence-corrected chi connectivity index (χ1v) is 12.8. The maximum absolute atomic E-state index is 2.76. The second kappa shape index (κ2) is 7.05. The molecule has 0 aromatic carbocycles. The van der Waals surface area contributed by atoms with Crippen LogP contribution < -0.4 is 0 Å². The molecule has 8 unspecified atom stereocenters. The quantitative estimate of drug-likeness (QED) is 0.464. The van der Waals surface area contributed by atoms with Crippen molar-refractivity contribution in [1.82, 2.24) is 0 Å². The van der Waals surface area contributed by atoms with Gasteiger partial charge in [0.05, 0.1) is 0 Å². The van der Waals surface area contributed by atoms with Gasteiger partial charge in [-0.05, 0) is 96.7 Å². The third-order valence-electron chi connectivity index (χ3n) is 11.7. The van der Waals surface area contributed by atoms with E-state index < -0.39 is 0 Å². The fourth-order valence-electron chi connectivity index (χ4n) is 9.64. The summed E-state index contributed by atoms with van der Waals surface area (Å²) in [5, 5.41) is 0. The van der Waals surface area contributed by atoms with Gasteiger partial charge < -0.3 is 0 Å². The highest BCUT2D eigenvalue weighted by molar-refractivity contribution is 5.13. The molecule has 0 aliphatic heterocycles. The maximum atomic E-state index is 2.76. The highest BCUT2D eigenvalue weighted by Gasteiger charge is 2.64. The molecule has 4 aliphatic carbocycles. The Morgan fingerprint density at radius 3 is 2.41 bits per heavy atom. The van der Waals surface area contributed by atoms with Crippen LogP contribution in [0.2, 0.25) is 0 Å². The van der Waals surface area contributed by atoms with Crippen molar-refractivity contribution < 1.29 is 0 Å². The number of rotatable bonds is 4. The molecule has 4 rings (SSSR count). The van der Waals surface area contributed by atoms with Crippen LogP contribution in [0.1, 0.15) is 119 Å². The summed E-state index contributed by atoms with van der Waals surface area (Å²) in [5.74, 6) is 5.97. The second-order valence-corrected chi connectivity index (χ2v) is 12.4. The Morgan fingerprint density at radius 2 is 1.67 bits per heavy atom. The standard InChI is InChI=1S/C27H48/c1-7-8-11-19(2)22-12-13-23-21-14-17-25(4)15-9-10-16-26(25,5)24(21)18-20(3)27(22,23)6/h19-24H,7-18H2,1-6H3/t19?,20-,21?,22?,23?,24?,25?,26?,27?/m0/s1. The number of hydrogen-bond donors (Lipinski definition) is 0. The molecule has 0 saturated heterocycles. The van der Waals surface area contributed by atoms with Crippen LogP contribution in [0.25, 0.3) is 0 Å². The summed E-state index contributed by atoms with van der Waals surface area (Å²) in [6.07, 6.45) is 18.0. The Labute approximate surface area is 170 Å². The summed E-state index contributed by atoms with van der Waals surface area (Å²) < 4.78 is 0. The maximum Gasteiger partial charge on any atom is -0.0238 e. The van der Waals surface area contributed by atoms with Crippen molar-refractivity contribution in [1.29, 1.82) is 0 Å². The van der Waals surface area contributed by atoms with Crippen LogP contribution in [0.15, 0.2) is 0 Å². The highest BCUT2D eigenvalue weighted by atomic mass is 14.7. The highest BCUT2D eigenvalue weighted by Crippen LogP contribution is 2.72. The molecule has 0 radical (unpaired) electrons. The van der Waals surface area contributed by atoms with Gasteiger partial charge in [-0.15, -0.1) is 0 Å². The van der Waals surface area contributed by atoms with Gasteiger partial charge in [0.1, 0.15) is 0 Å². The van der Waals surface area contributed by atoms with E-state index >= 15 is 0 Å². The zero-order valence-electron chi connectivity index (χ0n) is 19.4. The van der Waals surface area contributed by atoms with Gasteiger partial charge >= 0.3 is 0 Å². The zero-order chi connectivity index (χ0) is 19.4. The van der Waals surface area contributed by atoms with E-state index in [1.54, 1.807) is 19.3 Å². The van der Waals surface area contributed by atoms with Crippen LogP contribution >= 0.6 is 0 Å². The van der Waals surface area contributed by atoms with Crippen molar-refractivity contribution in [3.05, 3.63) is 0 Å². The average Bonchev–Trinajstić information content (AvgIpc) is 3.00. The lowest BCUT2D eigenvalue weighted by atomic mass is 9.39. The molecule has 27 heavy (non-hydrogen) atoms. The van der Waals surface area contributed by atoms with Gasteiger partial charge in [-0.2, -0.15) is 0 Å². The van der Waals surface area contributed by atoms with Gasteiger partial charge in [-0.25, -0.2) is 0 Å². The largest absolute Gasteiger partial charge is 0.0654 e.